The number of likely N-dealkylation sites (tertiary alicyclic amines) is 1. The fraction of sp³-hybridized carbons (Fsp3) is 0.318. The molecule has 0 unspecified atom stereocenters. The summed E-state index contributed by atoms with van der Waals surface area (Å²) in [4.78, 5) is 14.9. The van der Waals surface area contributed by atoms with E-state index in [9.17, 15) is 4.79 Å². The van der Waals surface area contributed by atoms with Crippen molar-refractivity contribution in [2.75, 3.05) is 24.2 Å². The van der Waals surface area contributed by atoms with Crippen LogP contribution in [0, 0.1) is 0 Å². The van der Waals surface area contributed by atoms with E-state index < -0.39 is 0 Å². The third-order valence-corrected chi connectivity index (χ3v) is 6.13. The average molecular weight is 442 g/mol. The molecule has 8 heteroatoms. The third kappa shape index (κ3) is 5.41. The summed E-state index contributed by atoms with van der Waals surface area (Å²) in [5, 5.41) is 13.0. The van der Waals surface area contributed by atoms with Crippen molar-refractivity contribution in [2.24, 2.45) is 0 Å². The van der Waals surface area contributed by atoms with Crippen LogP contribution in [0.15, 0.2) is 59.8 Å². The fourth-order valence-corrected chi connectivity index (χ4v) is 4.50. The van der Waals surface area contributed by atoms with Gasteiger partial charge >= 0.3 is 0 Å². The Kier molecular flexibility index (Phi) is 7.04. The van der Waals surface area contributed by atoms with Crippen molar-refractivity contribution in [3.63, 3.8) is 0 Å². The minimum atomic E-state index is -0.109. The van der Waals surface area contributed by atoms with E-state index in [0.717, 1.165) is 36.3 Å². The fourth-order valence-electron chi connectivity index (χ4n) is 3.54. The van der Waals surface area contributed by atoms with Gasteiger partial charge in [0.05, 0.1) is 12.3 Å². The van der Waals surface area contributed by atoms with E-state index in [-0.39, 0.29) is 11.7 Å². The second-order valence-corrected chi connectivity index (χ2v) is 8.63. The van der Waals surface area contributed by atoms with Crippen molar-refractivity contribution in [3.05, 3.63) is 65.4 Å². The van der Waals surface area contributed by atoms with Gasteiger partial charge in [-0.1, -0.05) is 54.0 Å². The van der Waals surface area contributed by atoms with Crippen molar-refractivity contribution >= 4 is 35.0 Å². The number of carbonyl (C=O) groups is 1. The molecule has 2 heterocycles. The molecule has 1 amide bonds. The number of carbonyl (C=O) groups excluding carboxylic acids is 1. The highest BCUT2D eigenvalue weighted by Gasteiger charge is 2.19. The number of aromatic nitrogens is 3. The zero-order valence-corrected chi connectivity index (χ0v) is 18.2. The number of halogens is 1. The first kappa shape index (κ1) is 20.9. The molecule has 6 nitrogen and oxygen atoms in total. The number of nitrogens with one attached hydrogen (secondary N) is 1. The second-order valence-electron chi connectivity index (χ2n) is 7.25. The zero-order chi connectivity index (χ0) is 20.8. The average Bonchev–Trinajstić information content (AvgIpc) is 3.16. The van der Waals surface area contributed by atoms with Gasteiger partial charge in [0.1, 0.15) is 0 Å². The maximum Gasteiger partial charge on any atom is 0.234 e. The molecule has 1 N–H and O–H groups in total. The molecule has 1 fully saturated rings. The van der Waals surface area contributed by atoms with E-state index in [1.807, 2.05) is 42.5 Å². The van der Waals surface area contributed by atoms with Crippen LogP contribution < -0.4 is 5.32 Å². The standard InChI is InChI=1S/C22H24ClN5OS/c23-17-8-7-9-18(14-17)24-21(29)16-30-22-26-25-20(15-27-12-5-2-6-13-27)28(22)19-10-3-1-4-11-19/h1,3-4,7-11,14H,2,5-6,12-13,15-16H2,(H,24,29). The lowest BCUT2D eigenvalue weighted by atomic mass is 10.1. The van der Waals surface area contributed by atoms with Crippen LogP contribution in [0.1, 0.15) is 25.1 Å². The summed E-state index contributed by atoms with van der Waals surface area (Å²) < 4.78 is 2.06. The van der Waals surface area contributed by atoms with Crippen molar-refractivity contribution < 1.29 is 4.79 Å². The van der Waals surface area contributed by atoms with Gasteiger partial charge in [-0.05, 0) is 56.3 Å². The maximum absolute atomic E-state index is 12.4. The van der Waals surface area contributed by atoms with E-state index >= 15 is 0 Å². The minimum Gasteiger partial charge on any atom is -0.325 e. The van der Waals surface area contributed by atoms with Crippen molar-refractivity contribution in [1.82, 2.24) is 19.7 Å². The van der Waals surface area contributed by atoms with Crippen LogP contribution in [0.4, 0.5) is 5.69 Å². The van der Waals surface area contributed by atoms with Gasteiger partial charge < -0.3 is 5.32 Å². The predicted octanol–water partition coefficient (Wildman–Crippen LogP) is 4.64. The molecule has 1 aliphatic heterocycles. The first-order chi connectivity index (χ1) is 14.7. The van der Waals surface area contributed by atoms with Crippen LogP contribution >= 0.6 is 23.4 Å². The molecular weight excluding hydrogens is 418 g/mol. The number of hydrogen-bond donors (Lipinski definition) is 1. The molecule has 0 spiro atoms. The number of nitrogens with zero attached hydrogens (tertiary/aromatic N) is 4. The number of thioether (sulfide) groups is 1. The van der Waals surface area contributed by atoms with Crippen molar-refractivity contribution in [1.29, 1.82) is 0 Å². The van der Waals surface area contributed by atoms with E-state index in [1.165, 1.54) is 31.0 Å². The summed E-state index contributed by atoms with van der Waals surface area (Å²) in [5.41, 5.74) is 1.69. The Labute approximate surface area is 185 Å². The highest BCUT2D eigenvalue weighted by atomic mass is 35.5. The van der Waals surface area contributed by atoms with E-state index in [0.29, 0.717) is 10.7 Å². The molecule has 30 heavy (non-hydrogen) atoms. The zero-order valence-electron chi connectivity index (χ0n) is 16.6. The number of rotatable bonds is 7. The van der Waals surface area contributed by atoms with Crippen LogP contribution in [-0.4, -0.2) is 44.4 Å². The van der Waals surface area contributed by atoms with E-state index in [2.05, 4.69) is 25.0 Å². The monoisotopic (exact) mass is 441 g/mol. The Morgan fingerprint density at radius 2 is 1.83 bits per heavy atom. The number of hydrogen-bond acceptors (Lipinski definition) is 5. The predicted molar refractivity (Wildman–Crippen MR) is 121 cm³/mol. The Hall–Kier alpha value is -2.35. The van der Waals surface area contributed by atoms with Gasteiger partial charge in [0, 0.05) is 16.4 Å². The minimum absolute atomic E-state index is 0.109. The van der Waals surface area contributed by atoms with Crippen molar-refractivity contribution in [2.45, 2.75) is 31.0 Å². The van der Waals surface area contributed by atoms with Gasteiger partial charge in [-0.3, -0.25) is 14.3 Å². The summed E-state index contributed by atoms with van der Waals surface area (Å²) in [6, 6.07) is 17.2. The number of amides is 1. The van der Waals surface area contributed by atoms with Crippen LogP contribution in [0.2, 0.25) is 5.02 Å². The first-order valence-corrected chi connectivity index (χ1v) is 11.5. The molecule has 0 saturated carbocycles. The molecule has 3 aromatic rings. The van der Waals surface area contributed by atoms with Crippen LogP contribution in [-0.2, 0) is 11.3 Å². The summed E-state index contributed by atoms with van der Waals surface area (Å²) in [6.07, 6.45) is 3.75. The van der Waals surface area contributed by atoms with Crippen molar-refractivity contribution in [3.8, 4) is 5.69 Å². The quantitative estimate of drug-likeness (QED) is 0.541. The molecule has 4 rings (SSSR count). The lowest BCUT2D eigenvalue weighted by Gasteiger charge is -2.26. The van der Waals surface area contributed by atoms with Crippen LogP contribution in [0.25, 0.3) is 5.69 Å². The second kappa shape index (κ2) is 10.1. The molecule has 0 radical (unpaired) electrons. The molecule has 0 atom stereocenters. The largest absolute Gasteiger partial charge is 0.325 e. The Morgan fingerprint density at radius 3 is 2.60 bits per heavy atom. The van der Waals surface area contributed by atoms with Gasteiger partial charge in [0.15, 0.2) is 11.0 Å². The van der Waals surface area contributed by atoms with Gasteiger partial charge in [-0.2, -0.15) is 0 Å². The normalized spacial score (nSPS) is 14.6. The highest BCUT2D eigenvalue weighted by molar-refractivity contribution is 7.99. The highest BCUT2D eigenvalue weighted by Crippen LogP contribution is 2.24. The molecule has 1 saturated heterocycles. The Bertz CT molecular complexity index is 988. The topological polar surface area (TPSA) is 63.1 Å². The van der Waals surface area contributed by atoms with E-state index in [1.54, 1.807) is 12.1 Å². The van der Waals surface area contributed by atoms with Gasteiger partial charge in [0.2, 0.25) is 5.91 Å². The lowest BCUT2D eigenvalue weighted by molar-refractivity contribution is -0.113. The lowest BCUT2D eigenvalue weighted by Crippen LogP contribution is -2.30. The number of anilines is 1. The van der Waals surface area contributed by atoms with Crippen LogP contribution in [0.3, 0.4) is 0 Å². The Balaban J connectivity index is 1.48. The smallest absolute Gasteiger partial charge is 0.234 e. The number of benzene rings is 2. The first-order valence-electron chi connectivity index (χ1n) is 10.1. The molecule has 156 valence electrons. The molecule has 0 bridgehead atoms. The molecule has 1 aliphatic rings. The molecule has 1 aromatic heterocycles. The molecule has 0 aliphatic carbocycles. The molecular formula is C22H24ClN5OS. The summed E-state index contributed by atoms with van der Waals surface area (Å²) in [6.45, 7) is 2.94. The van der Waals surface area contributed by atoms with Gasteiger partial charge in [-0.25, -0.2) is 0 Å². The summed E-state index contributed by atoms with van der Waals surface area (Å²) >= 11 is 7.37. The van der Waals surface area contributed by atoms with Gasteiger partial charge in [0.25, 0.3) is 0 Å². The summed E-state index contributed by atoms with van der Waals surface area (Å²) in [5.74, 6) is 1.03. The number of piperidine rings is 1. The number of para-hydroxylation sites is 1. The maximum atomic E-state index is 12.4. The van der Waals surface area contributed by atoms with Gasteiger partial charge in [-0.15, -0.1) is 10.2 Å². The summed E-state index contributed by atoms with van der Waals surface area (Å²) in [7, 11) is 0. The Morgan fingerprint density at radius 1 is 1.03 bits per heavy atom. The SMILES string of the molecule is O=C(CSc1nnc(CN2CCCCC2)n1-c1ccccc1)Nc1cccc(Cl)c1. The third-order valence-electron chi connectivity index (χ3n) is 4.97. The van der Waals surface area contributed by atoms with Crippen LogP contribution in [0.5, 0.6) is 0 Å². The van der Waals surface area contributed by atoms with E-state index in [4.69, 9.17) is 11.6 Å². The molecule has 2 aromatic carbocycles.